The maximum Gasteiger partial charge on any atom is 0.321 e. The smallest absolute Gasteiger partial charge is 0.321 e. The molecule has 1 saturated heterocycles. The predicted molar refractivity (Wildman–Crippen MR) is 60.9 cm³/mol. The Bertz CT molecular complexity index is 381. The normalized spacial score (nSPS) is 25.4. The lowest BCUT2D eigenvalue weighted by Crippen LogP contribution is -2.34. The van der Waals surface area contributed by atoms with E-state index in [1.807, 2.05) is 24.3 Å². The molecule has 1 fully saturated rings. The standard InChI is InChI=1S/C11H12BrNO2/c12-8-3-1-2-7(6-8)9-4-5-13-10(9)11(14)15/h1-3,6,9-10,13H,4-5H2,(H,14,15)/t9-,10+/m1/s1. The van der Waals surface area contributed by atoms with E-state index in [2.05, 4.69) is 21.2 Å². The zero-order valence-electron chi connectivity index (χ0n) is 8.11. The van der Waals surface area contributed by atoms with Gasteiger partial charge in [-0.2, -0.15) is 0 Å². The van der Waals surface area contributed by atoms with Gasteiger partial charge < -0.3 is 10.4 Å². The highest BCUT2D eigenvalue weighted by molar-refractivity contribution is 9.10. The van der Waals surface area contributed by atoms with E-state index in [0.717, 1.165) is 23.0 Å². The van der Waals surface area contributed by atoms with Gasteiger partial charge in [0.1, 0.15) is 6.04 Å². The van der Waals surface area contributed by atoms with Crippen molar-refractivity contribution in [1.82, 2.24) is 5.32 Å². The largest absolute Gasteiger partial charge is 0.480 e. The lowest BCUT2D eigenvalue weighted by molar-refractivity contribution is -0.139. The first-order chi connectivity index (χ1) is 7.18. The van der Waals surface area contributed by atoms with Gasteiger partial charge in [-0.15, -0.1) is 0 Å². The zero-order chi connectivity index (χ0) is 10.8. The number of rotatable bonds is 2. The van der Waals surface area contributed by atoms with Gasteiger partial charge in [-0.1, -0.05) is 28.1 Å². The quantitative estimate of drug-likeness (QED) is 0.863. The molecule has 1 aliphatic heterocycles. The summed E-state index contributed by atoms with van der Waals surface area (Å²) in [4.78, 5) is 11.0. The molecule has 0 aliphatic carbocycles. The van der Waals surface area contributed by atoms with Gasteiger partial charge >= 0.3 is 5.97 Å². The molecule has 1 heterocycles. The van der Waals surface area contributed by atoms with Crippen LogP contribution in [0.25, 0.3) is 0 Å². The van der Waals surface area contributed by atoms with Crippen LogP contribution >= 0.6 is 15.9 Å². The monoisotopic (exact) mass is 269 g/mol. The summed E-state index contributed by atoms with van der Waals surface area (Å²) in [5, 5.41) is 12.0. The topological polar surface area (TPSA) is 49.3 Å². The molecule has 1 aromatic rings. The molecule has 4 heteroatoms. The van der Waals surface area contributed by atoms with Crippen molar-refractivity contribution >= 4 is 21.9 Å². The summed E-state index contributed by atoms with van der Waals surface area (Å²) < 4.78 is 0.996. The maximum absolute atomic E-state index is 11.0. The zero-order valence-corrected chi connectivity index (χ0v) is 9.70. The second kappa shape index (κ2) is 4.33. The average molecular weight is 270 g/mol. The van der Waals surface area contributed by atoms with Crippen molar-refractivity contribution in [3.05, 3.63) is 34.3 Å². The molecule has 0 amide bonds. The van der Waals surface area contributed by atoms with Crippen LogP contribution in [0.5, 0.6) is 0 Å². The van der Waals surface area contributed by atoms with Crippen LogP contribution in [0.3, 0.4) is 0 Å². The molecule has 0 unspecified atom stereocenters. The number of halogens is 1. The second-order valence-electron chi connectivity index (χ2n) is 3.72. The third-order valence-corrected chi connectivity index (χ3v) is 3.26. The van der Waals surface area contributed by atoms with Crippen molar-refractivity contribution in [2.75, 3.05) is 6.54 Å². The molecule has 0 aromatic heterocycles. The summed E-state index contributed by atoms with van der Waals surface area (Å²) in [5.41, 5.74) is 1.08. The molecule has 3 nitrogen and oxygen atoms in total. The fourth-order valence-electron chi connectivity index (χ4n) is 2.06. The molecule has 80 valence electrons. The van der Waals surface area contributed by atoms with Crippen LogP contribution in [-0.2, 0) is 4.79 Å². The molecule has 0 radical (unpaired) electrons. The van der Waals surface area contributed by atoms with Gasteiger partial charge in [-0.25, -0.2) is 0 Å². The SMILES string of the molecule is O=C(O)[C@H]1NCC[C@@H]1c1cccc(Br)c1. The number of hydrogen-bond donors (Lipinski definition) is 2. The van der Waals surface area contributed by atoms with E-state index in [-0.39, 0.29) is 5.92 Å². The summed E-state index contributed by atoms with van der Waals surface area (Å²) in [6.07, 6.45) is 0.882. The number of nitrogens with one attached hydrogen (secondary N) is 1. The van der Waals surface area contributed by atoms with Gasteiger partial charge in [0.25, 0.3) is 0 Å². The number of benzene rings is 1. The maximum atomic E-state index is 11.0. The Balaban J connectivity index is 2.26. The second-order valence-corrected chi connectivity index (χ2v) is 4.64. The molecule has 1 aliphatic rings. The van der Waals surface area contributed by atoms with Crippen LogP contribution in [0.4, 0.5) is 0 Å². The number of hydrogen-bond acceptors (Lipinski definition) is 2. The van der Waals surface area contributed by atoms with Crippen LogP contribution < -0.4 is 5.32 Å². The summed E-state index contributed by atoms with van der Waals surface area (Å²) in [6.45, 7) is 0.772. The number of aliphatic carboxylic acids is 1. The van der Waals surface area contributed by atoms with Gasteiger partial charge in [-0.3, -0.25) is 4.79 Å². The lowest BCUT2D eigenvalue weighted by atomic mass is 9.92. The van der Waals surface area contributed by atoms with E-state index in [9.17, 15) is 4.79 Å². The van der Waals surface area contributed by atoms with Crippen molar-refractivity contribution in [3.8, 4) is 0 Å². The first-order valence-corrected chi connectivity index (χ1v) is 5.69. The van der Waals surface area contributed by atoms with Gasteiger partial charge in [0.05, 0.1) is 0 Å². The fourth-order valence-corrected chi connectivity index (χ4v) is 2.48. The highest BCUT2D eigenvalue weighted by Gasteiger charge is 2.33. The third kappa shape index (κ3) is 2.21. The molecule has 2 N–H and O–H groups in total. The van der Waals surface area contributed by atoms with Crippen LogP contribution in [-0.4, -0.2) is 23.7 Å². The molecule has 2 atom stereocenters. The first-order valence-electron chi connectivity index (χ1n) is 4.90. The molecule has 0 spiro atoms. The van der Waals surface area contributed by atoms with E-state index >= 15 is 0 Å². The number of carboxylic acid groups (broad SMARTS) is 1. The predicted octanol–water partition coefficient (Wildman–Crippen LogP) is 1.98. The van der Waals surface area contributed by atoms with Gasteiger partial charge in [-0.05, 0) is 30.7 Å². The van der Waals surface area contributed by atoms with Gasteiger partial charge in [0.15, 0.2) is 0 Å². The molecular weight excluding hydrogens is 258 g/mol. The Morgan fingerprint density at radius 2 is 2.33 bits per heavy atom. The van der Waals surface area contributed by atoms with Crippen molar-refractivity contribution in [2.24, 2.45) is 0 Å². The third-order valence-electron chi connectivity index (χ3n) is 2.76. The van der Waals surface area contributed by atoms with Crippen molar-refractivity contribution in [1.29, 1.82) is 0 Å². The van der Waals surface area contributed by atoms with Gasteiger partial charge in [0.2, 0.25) is 0 Å². The average Bonchev–Trinajstić information content (AvgIpc) is 2.65. The summed E-state index contributed by atoms with van der Waals surface area (Å²) in [5.74, 6) is -0.683. The van der Waals surface area contributed by atoms with E-state index < -0.39 is 12.0 Å². The number of carboxylic acids is 1. The Hall–Kier alpha value is -0.870. The summed E-state index contributed by atoms with van der Waals surface area (Å²) in [6, 6.07) is 7.42. The minimum atomic E-state index is -0.766. The highest BCUT2D eigenvalue weighted by Crippen LogP contribution is 2.29. The van der Waals surface area contributed by atoms with Crippen LogP contribution in [0.2, 0.25) is 0 Å². The molecule has 2 rings (SSSR count). The Labute approximate surface area is 96.6 Å². The van der Waals surface area contributed by atoms with Crippen LogP contribution in [0.1, 0.15) is 17.9 Å². The Morgan fingerprint density at radius 3 is 3.00 bits per heavy atom. The van der Waals surface area contributed by atoms with Gasteiger partial charge in [0, 0.05) is 10.4 Å². The molecule has 0 saturated carbocycles. The number of carbonyl (C=O) groups is 1. The highest BCUT2D eigenvalue weighted by atomic mass is 79.9. The van der Waals surface area contributed by atoms with E-state index in [1.54, 1.807) is 0 Å². The van der Waals surface area contributed by atoms with E-state index in [4.69, 9.17) is 5.11 Å². The van der Waals surface area contributed by atoms with E-state index in [0.29, 0.717) is 0 Å². The van der Waals surface area contributed by atoms with E-state index in [1.165, 1.54) is 0 Å². The Kier molecular flexibility index (Phi) is 3.07. The van der Waals surface area contributed by atoms with Crippen LogP contribution in [0, 0.1) is 0 Å². The van der Waals surface area contributed by atoms with Crippen molar-refractivity contribution < 1.29 is 9.90 Å². The molecular formula is C11H12BrNO2. The minimum absolute atomic E-state index is 0.0833. The summed E-state index contributed by atoms with van der Waals surface area (Å²) >= 11 is 3.40. The van der Waals surface area contributed by atoms with Crippen molar-refractivity contribution in [3.63, 3.8) is 0 Å². The van der Waals surface area contributed by atoms with Crippen molar-refractivity contribution in [2.45, 2.75) is 18.4 Å². The lowest BCUT2D eigenvalue weighted by Gasteiger charge is -2.15. The summed E-state index contributed by atoms with van der Waals surface area (Å²) in [7, 11) is 0. The fraction of sp³-hybridized carbons (Fsp3) is 0.364. The first kappa shape index (κ1) is 10.6. The molecule has 0 bridgehead atoms. The van der Waals surface area contributed by atoms with Crippen LogP contribution in [0.15, 0.2) is 28.7 Å². The minimum Gasteiger partial charge on any atom is -0.480 e. The molecule has 15 heavy (non-hydrogen) atoms. The Morgan fingerprint density at radius 1 is 1.53 bits per heavy atom. The molecule has 1 aromatic carbocycles.